The Bertz CT molecular complexity index is 2810. The number of halogens is 1. The number of fused-ring (bicyclic) bond motifs is 8. The third-order valence-corrected chi connectivity index (χ3v) is 18.3. The molecule has 1 spiro atoms. The number of nitrogens with zero attached hydrogens (tertiary/aromatic N) is 1. The standard InChI is InChI=1S/C54H42IN/c1-4-14-38(15-5-1)40-22-25-42(26-23-40)55(43-27-30-45(31-28-43)56-52-20-10-8-18-46(52)47-19-9-11-21-53(47)56)44-29-33-51-49(37-44)48-36-41(39-16-6-2-7-17-39)24-32-50(48)54(51)34-12-3-13-35-54/h1-2,4-11,14-33,36-37H,3,12-13,34-35H2. The van der Waals surface area contributed by atoms with Crippen molar-refractivity contribution in [2.75, 3.05) is 0 Å². The summed E-state index contributed by atoms with van der Waals surface area (Å²) in [5.41, 5.74) is 14.9. The van der Waals surface area contributed by atoms with Crippen LogP contribution < -0.4 is 0 Å². The van der Waals surface area contributed by atoms with E-state index < -0.39 is 19.8 Å². The van der Waals surface area contributed by atoms with Crippen molar-refractivity contribution < 1.29 is 0 Å². The Morgan fingerprint density at radius 1 is 0.375 bits per heavy atom. The fraction of sp³-hybridized carbons (Fsp3) is 0.111. The molecule has 2 aliphatic rings. The second-order valence-corrected chi connectivity index (χ2v) is 20.8. The first kappa shape index (κ1) is 33.6. The average molecular weight is 832 g/mol. The van der Waals surface area contributed by atoms with Crippen LogP contribution in [0.25, 0.3) is 60.9 Å². The van der Waals surface area contributed by atoms with E-state index in [9.17, 15) is 0 Å². The van der Waals surface area contributed by atoms with Crippen molar-refractivity contribution in [2.45, 2.75) is 37.5 Å². The first-order chi connectivity index (χ1) is 27.7. The number of para-hydroxylation sites is 2. The second-order valence-electron chi connectivity index (χ2n) is 15.5. The molecule has 0 radical (unpaired) electrons. The van der Waals surface area contributed by atoms with E-state index in [2.05, 4.69) is 199 Å². The summed E-state index contributed by atoms with van der Waals surface area (Å²) in [6, 6.07) is 73.5. The van der Waals surface area contributed by atoms with Crippen molar-refractivity contribution in [3.8, 4) is 39.1 Å². The van der Waals surface area contributed by atoms with Crippen molar-refractivity contribution in [1.82, 2.24) is 4.57 Å². The fourth-order valence-electron chi connectivity index (χ4n) is 9.80. The third kappa shape index (κ3) is 5.49. The van der Waals surface area contributed by atoms with Gasteiger partial charge in [0.15, 0.2) is 0 Å². The topological polar surface area (TPSA) is 4.93 Å². The van der Waals surface area contributed by atoms with Crippen LogP contribution in [0, 0.1) is 10.7 Å². The molecule has 9 aromatic rings. The van der Waals surface area contributed by atoms with E-state index in [0.717, 1.165) is 0 Å². The summed E-state index contributed by atoms with van der Waals surface area (Å²) >= 11 is -2.16. The van der Waals surface area contributed by atoms with Crippen LogP contribution in [-0.4, -0.2) is 4.57 Å². The average Bonchev–Trinajstić information content (AvgIpc) is 3.74. The van der Waals surface area contributed by atoms with Crippen LogP contribution in [0.15, 0.2) is 194 Å². The van der Waals surface area contributed by atoms with Crippen LogP contribution in [0.3, 0.4) is 0 Å². The molecule has 0 N–H and O–H groups in total. The Hall–Kier alpha value is -5.71. The molecule has 1 saturated carbocycles. The predicted molar refractivity (Wildman–Crippen MR) is 244 cm³/mol. The Kier molecular flexibility index (Phi) is 8.28. The Labute approximate surface area is 336 Å². The zero-order chi connectivity index (χ0) is 37.1. The van der Waals surface area contributed by atoms with E-state index in [4.69, 9.17) is 0 Å². The van der Waals surface area contributed by atoms with E-state index in [0.29, 0.717) is 0 Å². The molecule has 0 aliphatic heterocycles. The Morgan fingerprint density at radius 3 is 1.46 bits per heavy atom. The van der Waals surface area contributed by atoms with Gasteiger partial charge >= 0.3 is 339 Å². The summed E-state index contributed by atoms with van der Waals surface area (Å²) in [4.78, 5) is 0. The Morgan fingerprint density at radius 2 is 0.839 bits per heavy atom. The summed E-state index contributed by atoms with van der Waals surface area (Å²) in [7, 11) is 0. The van der Waals surface area contributed by atoms with E-state index >= 15 is 0 Å². The molecule has 2 heteroatoms. The molecule has 1 fully saturated rings. The van der Waals surface area contributed by atoms with Crippen molar-refractivity contribution in [1.29, 1.82) is 0 Å². The first-order valence-corrected chi connectivity index (χ1v) is 23.3. The van der Waals surface area contributed by atoms with Gasteiger partial charge in [-0.15, -0.1) is 0 Å². The first-order valence-electron chi connectivity index (χ1n) is 20.0. The van der Waals surface area contributed by atoms with Gasteiger partial charge in [0.25, 0.3) is 0 Å². The van der Waals surface area contributed by atoms with Crippen molar-refractivity contribution in [3.63, 3.8) is 0 Å². The number of rotatable bonds is 6. The molecule has 0 bridgehead atoms. The summed E-state index contributed by atoms with van der Waals surface area (Å²) < 4.78 is 6.84. The predicted octanol–water partition coefficient (Wildman–Crippen LogP) is 14.8. The van der Waals surface area contributed by atoms with E-state index in [1.165, 1.54) is 104 Å². The van der Waals surface area contributed by atoms with Crippen molar-refractivity contribution in [2.24, 2.45) is 0 Å². The molecular weight excluding hydrogens is 790 g/mol. The normalized spacial score (nSPS) is 14.5. The minimum atomic E-state index is -2.16. The van der Waals surface area contributed by atoms with Gasteiger partial charge in [0.1, 0.15) is 0 Å². The number of aromatic nitrogens is 1. The summed E-state index contributed by atoms with van der Waals surface area (Å²) in [6.45, 7) is 0. The van der Waals surface area contributed by atoms with Gasteiger partial charge < -0.3 is 0 Å². The zero-order valence-electron chi connectivity index (χ0n) is 31.3. The molecule has 270 valence electrons. The van der Waals surface area contributed by atoms with Crippen LogP contribution in [-0.2, 0) is 5.41 Å². The van der Waals surface area contributed by atoms with Crippen molar-refractivity contribution >= 4 is 41.6 Å². The van der Waals surface area contributed by atoms with Crippen LogP contribution in [0.5, 0.6) is 0 Å². The van der Waals surface area contributed by atoms with Gasteiger partial charge in [0, 0.05) is 0 Å². The van der Waals surface area contributed by atoms with Gasteiger partial charge in [-0.2, -0.15) is 0 Å². The number of hydrogen-bond acceptors (Lipinski definition) is 0. The van der Waals surface area contributed by atoms with Gasteiger partial charge in [-0.25, -0.2) is 0 Å². The van der Waals surface area contributed by atoms with Gasteiger partial charge in [0.05, 0.1) is 0 Å². The minimum absolute atomic E-state index is 0.122. The van der Waals surface area contributed by atoms with Gasteiger partial charge in [-0.05, 0) is 0 Å². The molecule has 0 amide bonds. The summed E-state index contributed by atoms with van der Waals surface area (Å²) in [5, 5.41) is 2.59. The van der Waals surface area contributed by atoms with E-state index in [1.54, 1.807) is 11.1 Å². The third-order valence-electron chi connectivity index (χ3n) is 12.4. The number of benzene rings is 8. The van der Waals surface area contributed by atoms with Crippen LogP contribution in [0.1, 0.15) is 43.2 Å². The number of hydrogen-bond donors (Lipinski definition) is 0. The Balaban J connectivity index is 1.07. The SMILES string of the molecule is c1ccc(-c2ccc(I(c3ccc(-n4c5ccccc5c5ccccc54)cc3)c3ccc4c(c3)-c3cc(-c5ccccc5)ccc3C43CCCCC3)cc2)cc1. The molecule has 8 aromatic carbocycles. The molecule has 1 nitrogen and oxygen atoms in total. The molecular formula is C54H42IN. The quantitative estimate of drug-likeness (QED) is 0.147. The molecule has 1 heterocycles. The monoisotopic (exact) mass is 831 g/mol. The molecule has 0 unspecified atom stereocenters. The maximum atomic E-state index is 2.63. The molecule has 1 aromatic heterocycles. The van der Waals surface area contributed by atoms with Crippen LogP contribution in [0.2, 0.25) is 0 Å². The zero-order valence-corrected chi connectivity index (χ0v) is 33.5. The molecule has 11 rings (SSSR count). The van der Waals surface area contributed by atoms with E-state index in [1.807, 2.05) is 0 Å². The molecule has 0 atom stereocenters. The van der Waals surface area contributed by atoms with Crippen LogP contribution >= 0.6 is 19.8 Å². The van der Waals surface area contributed by atoms with E-state index in [-0.39, 0.29) is 5.41 Å². The fourth-order valence-corrected chi connectivity index (χ4v) is 15.3. The molecule has 0 saturated heterocycles. The molecule has 2 aliphatic carbocycles. The van der Waals surface area contributed by atoms with Crippen molar-refractivity contribution in [3.05, 3.63) is 216 Å². The van der Waals surface area contributed by atoms with Gasteiger partial charge in [-0.1, -0.05) is 0 Å². The molecule has 56 heavy (non-hydrogen) atoms. The van der Waals surface area contributed by atoms with Gasteiger partial charge in [-0.3, -0.25) is 0 Å². The summed E-state index contributed by atoms with van der Waals surface area (Å²) in [6.07, 6.45) is 6.42. The second kappa shape index (κ2) is 13.8. The maximum absolute atomic E-state index is 2.63. The van der Waals surface area contributed by atoms with Gasteiger partial charge in [0.2, 0.25) is 0 Å². The van der Waals surface area contributed by atoms with Crippen LogP contribution in [0.4, 0.5) is 0 Å². The summed E-state index contributed by atoms with van der Waals surface area (Å²) in [5.74, 6) is 0.